The first kappa shape index (κ1) is 11.3. The molecule has 2 aromatic rings. The van der Waals surface area contributed by atoms with E-state index in [9.17, 15) is 0 Å². The van der Waals surface area contributed by atoms with Crippen LogP contribution in [0.1, 0.15) is 11.4 Å². The summed E-state index contributed by atoms with van der Waals surface area (Å²) in [4.78, 5) is 16.7. The van der Waals surface area contributed by atoms with Crippen LogP contribution in [-0.2, 0) is 0 Å². The Morgan fingerprint density at radius 3 is 2.56 bits per heavy atom. The van der Waals surface area contributed by atoms with Crippen molar-refractivity contribution >= 4 is 23.4 Å². The summed E-state index contributed by atoms with van der Waals surface area (Å²) >= 11 is 7.37. The maximum absolute atomic E-state index is 6.01. The molecule has 0 bridgehead atoms. The van der Waals surface area contributed by atoms with Crippen LogP contribution in [0.4, 0.5) is 0 Å². The summed E-state index contributed by atoms with van der Waals surface area (Å²) in [7, 11) is 0. The maximum atomic E-state index is 6.01. The van der Waals surface area contributed by atoms with Crippen LogP contribution in [0.5, 0.6) is 0 Å². The van der Waals surface area contributed by atoms with Crippen LogP contribution in [-0.4, -0.2) is 19.9 Å². The normalized spacial score (nSPS) is 10.4. The lowest BCUT2D eigenvalue weighted by atomic mass is 10.4. The van der Waals surface area contributed by atoms with Gasteiger partial charge in [-0.05, 0) is 25.6 Å². The molecule has 0 fully saturated rings. The minimum Gasteiger partial charge on any atom is -0.260 e. The molecule has 0 atom stereocenters. The number of nitrogens with zero attached hydrogens (tertiary/aromatic N) is 4. The lowest BCUT2D eigenvalue weighted by Gasteiger charge is -2.04. The fraction of sp³-hybridized carbons (Fsp3) is 0.200. The molecule has 82 valence electrons. The van der Waals surface area contributed by atoms with Gasteiger partial charge in [0.1, 0.15) is 10.1 Å². The van der Waals surface area contributed by atoms with Gasteiger partial charge in [-0.1, -0.05) is 11.6 Å². The third-order valence-electron chi connectivity index (χ3n) is 1.98. The van der Waals surface area contributed by atoms with Gasteiger partial charge in [0.15, 0.2) is 5.15 Å². The Kier molecular flexibility index (Phi) is 3.36. The third-order valence-corrected chi connectivity index (χ3v) is 3.25. The fourth-order valence-electron chi connectivity index (χ4n) is 1.06. The minimum absolute atomic E-state index is 0.402. The van der Waals surface area contributed by atoms with Gasteiger partial charge < -0.3 is 0 Å². The Bertz CT molecular complexity index is 504. The molecule has 2 aromatic heterocycles. The molecule has 16 heavy (non-hydrogen) atoms. The Hall–Kier alpha value is -1.20. The summed E-state index contributed by atoms with van der Waals surface area (Å²) < 4.78 is 0. The first-order chi connectivity index (χ1) is 7.66. The number of hydrogen-bond acceptors (Lipinski definition) is 5. The Morgan fingerprint density at radius 2 is 1.88 bits per heavy atom. The number of rotatable bonds is 2. The van der Waals surface area contributed by atoms with Crippen LogP contribution in [0.25, 0.3) is 0 Å². The Labute approximate surface area is 103 Å². The highest BCUT2D eigenvalue weighted by atomic mass is 35.5. The van der Waals surface area contributed by atoms with E-state index in [2.05, 4.69) is 19.9 Å². The summed E-state index contributed by atoms with van der Waals surface area (Å²) in [6.07, 6.45) is 4.92. The molecule has 2 heterocycles. The zero-order chi connectivity index (χ0) is 11.5. The molecule has 0 spiro atoms. The Morgan fingerprint density at radius 1 is 1.12 bits per heavy atom. The molecule has 2 rings (SSSR count). The molecular formula is C10H9ClN4S. The van der Waals surface area contributed by atoms with E-state index in [0.29, 0.717) is 10.2 Å². The molecule has 0 aromatic carbocycles. The highest BCUT2D eigenvalue weighted by Gasteiger charge is 2.09. The highest BCUT2D eigenvalue weighted by molar-refractivity contribution is 7.99. The summed E-state index contributed by atoms with van der Waals surface area (Å²) in [5, 5.41) is 1.81. The van der Waals surface area contributed by atoms with Gasteiger partial charge in [0, 0.05) is 12.4 Å². The average Bonchev–Trinajstić information content (AvgIpc) is 2.27. The maximum Gasteiger partial charge on any atom is 0.161 e. The number of aromatic nitrogens is 4. The van der Waals surface area contributed by atoms with Crippen molar-refractivity contribution in [1.82, 2.24) is 19.9 Å². The van der Waals surface area contributed by atoms with Crippen molar-refractivity contribution in [2.24, 2.45) is 0 Å². The van der Waals surface area contributed by atoms with Crippen molar-refractivity contribution in [3.63, 3.8) is 0 Å². The number of hydrogen-bond donors (Lipinski definition) is 0. The van der Waals surface area contributed by atoms with E-state index < -0.39 is 0 Å². The average molecular weight is 253 g/mol. The van der Waals surface area contributed by atoms with Crippen LogP contribution in [0, 0.1) is 13.8 Å². The SMILES string of the molecule is Cc1nc(Cl)c(Sc2cnccn2)nc1C. The van der Waals surface area contributed by atoms with Crippen molar-refractivity contribution in [3.8, 4) is 0 Å². The van der Waals surface area contributed by atoms with Gasteiger partial charge in [-0.3, -0.25) is 4.98 Å². The first-order valence-corrected chi connectivity index (χ1v) is 5.81. The van der Waals surface area contributed by atoms with E-state index in [1.807, 2.05) is 13.8 Å². The quantitative estimate of drug-likeness (QED) is 0.823. The molecule has 6 heteroatoms. The summed E-state index contributed by atoms with van der Waals surface area (Å²) in [6, 6.07) is 0. The monoisotopic (exact) mass is 252 g/mol. The Balaban J connectivity index is 2.32. The van der Waals surface area contributed by atoms with Crippen molar-refractivity contribution in [3.05, 3.63) is 35.1 Å². The molecule has 0 aliphatic heterocycles. The van der Waals surface area contributed by atoms with Crippen LogP contribution < -0.4 is 0 Å². The lowest BCUT2D eigenvalue weighted by Crippen LogP contribution is -1.95. The topological polar surface area (TPSA) is 51.6 Å². The lowest BCUT2D eigenvalue weighted by molar-refractivity contribution is 0.951. The third kappa shape index (κ3) is 2.48. The van der Waals surface area contributed by atoms with Crippen molar-refractivity contribution < 1.29 is 0 Å². The fourth-order valence-corrected chi connectivity index (χ4v) is 2.08. The van der Waals surface area contributed by atoms with Crippen LogP contribution in [0.15, 0.2) is 28.6 Å². The van der Waals surface area contributed by atoms with Gasteiger partial charge in [0.05, 0.1) is 17.6 Å². The second-order valence-corrected chi connectivity index (χ2v) is 4.50. The molecular weight excluding hydrogens is 244 g/mol. The second-order valence-electron chi connectivity index (χ2n) is 3.14. The predicted octanol–water partition coefficient (Wildman–Crippen LogP) is 2.69. The zero-order valence-electron chi connectivity index (χ0n) is 8.81. The molecule has 0 amide bonds. The standard InChI is InChI=1S/C10H9ClN4S/c1-6-7(2)15-10(9(11)14-6)16-8-5-12-3-4-13-8/h3-5H,1-2H3. The number of aryl methyl sites for hydroxylation is 2. The van der Waals surface area contributed by atoms with Gasteiger partial charge in [0.2, 0.25) is 0 Å². The van der Waals surface area contributed by atoms with Gasteiger partial charge in [0.25, 0.3) is 0 Å². The van der Waals surface area contributed by atoms with Gasteiger partial charge in [-0.2, -0.15) is 0 Å². The van der Waals surface area contributed by atoms with E-state index in [4.69, 9.17) is 11.6 Å². The predicted molar refractivity (Wildman–Crippen MR) is 62.7 cm³/mol. The van der Waals surface area contributed by atoms with Crippen molar-refractivity contribution in [2.75, 3.05) is 0 Å². The van der Waals surface area contributed by atoms with Gasteiger partial charge >= 0.3 is 0 Å². The summed E-state index contributed by atoms with van der Waals surface area (Å²) in [6.45, 7) is 3.78. The van der Waals surface area contributed by atoms with E-state index >= 15 is 0 Å². The molecule has 0 saturated heterocycles. The summed E-state index contributed by atoms with van der Waals surface area (Å²) in [5.74, 6) is 0. The van der Waals surface area contributed by atoms with E-state index in [1.54, 1.807) is 18.6 Å². The minimum atomic E-state index is 0.402. The molecule has 0 aliphatic carbocycles. The molecule has 4 nitrogen and oxygen atoms in total. The molecule has 0 aliphatic rings. The molecule has 0 radical (unpaired) electrons. The van der Waals surface area contributed by atoms with Crippen LogP contribution >= 0.6 is 23.4 Å². The molecule has 0 unspecified atom stereocenters. The second kappa shape index (κ2) is 4.76. The first-order valence-electron chi connectivity index (χ1n) is 4.61. The van der Waals surface area contributed by atoms with E-state index in [-0.39, 0.29) is 0 Å². The van der Waals surface area contributed by atoms with E-state index in [0.717, 1.165) is 16.4 Å². The number of halogens is 1. The van der Waals surface area contributed by atoms with Gasteiger partial charge in [-0.15, -0.1) is 0 Å². The van der Waals surface area contributed by atoms with Crippen LogP contribution in [0.2, 0.25) is 5.15 Å². The zero-order valence-corrected chi connectivity index (χ0v) is 10.4. The van der Waals surface area contributed by atoms with Crippen LogP contribution in [0.3, 0.4) is 0 Å². The molecule has 0 saturated carbocycles. The largest absolute Gasteiger partial charge is 0.260 e. The summed E-state index contributed by atoms with van der Waals surface area (Å²) in [5.41, 5.74) is 1.71. The van der Waals surface area contributed by atoms with Crippen molar-refractivity contribution in [2.45, 2.75) is 23.9 Å². The van der Waals surface area contributed by atoms with Crippen molar-refractivity contribution in [1.29, 1.82) is 0 Å². The smallest absolute Gasteiger partial charge is 0.161 e. The molecule has 0 N–H and O–H groups in total. The van der Waals surface area contributed by atoms with Gasteiger partial charge in [-0.25, -0.2) is 15.0 Å². The highest BCUT2D eigenvalue weighted by Crippen LogP contribution is 2.29. The van der Waals surface area contributed by atoms with E-state index in [1.165, 1.54) is 11.8 Å².